The van der Waals surface area contributed by atoms with E-state index in [9.17, 15) is 4.79 Å². The van der Waals surface area contributed by atoms with E-state index in [2.05, 4.69) is 5.32 Å². The van der Waals surface area contributed by atoms with Crippen molar-refractivity contribution in [3.05, 3.63) is 23.8 Å². The molecule has 1 N–H and O–H groups in total. The van der Waals surface area contributed by atoms with E-state index >= 15 is 0 Å². The number of ether oxygens (including phenoxy) is 1. The van der Waals surface area contributed by atoms with E-state index in [0.29, 0.717) is 11.3 Å². The molecule has 0 saturated carbocycles. The van der Waals surface area contributed by atoms with Crippen LogP contribution in [0.15, 0.2) is 18.2 Å². The zero-order valence-electron chi connectivity index (χ0n) is 7.13. The second kappa shape index (κ2) is 3.76. The smallest absolute Gasteiger partial charge is 0.152 e. The molecule has 12 heavy (non-hydrogen) atoms. The Bertz CT molecular complexity index is 284. The lowest BCUT2D eigenvalue weighted by molar-refractivity contribution is 0.112. The lowest BCUT2D eigenvalue weighted by Crippen LogP contribution is -1.97. The third-order valence-electron chi connectivity index (χ3n) is 1.66. The summed E-state index contributed by atoms with van der Waals surface area (Å²) in [4.78, 5) is 10.6. The minimum absolute atomic E-state index is 0.608. The highest BCUT2D eigenvalue weighted by Gasteiger charge is 2.04. The van der Waals surface area contributed by atoms with Crippen molar-refractivity contribution in [3.63, 3.8) is 0 Å². The minimum Gasteiger partial charge on any atom is -0.495 e. The Hall–Kier alpha value is -1.51. The number of para-hydroxylation sites is 1. The number of hydrogen-bond acceptors (Lipinski definition) is 3. The van der Waals surface area contributed by atoms with Gasteiger partial charge < -0.3 is 10.1 Å². The number of nitrogens with one attached hydrogen (secondary N) is 1. The van der Waals surface area contributed by atoms with Gasteiger partial charge in [-0.05, 0) is 12.1 Å². The molecule has 0 aromatic heterocycles. The van der Waals surface area contributed by atoms with Crippen LogP contribution in [0.4, 0.5) is 5.69 Å². The van der Waals surface area contributed by atoms with Crippen LogP contribution in [0.3, 0.4) is 0 Å². The van der Waals surface area contributed by atoms with Crippen molar-refractivity contribution >= 4 is 12.0 Å². The number of aldehydes is 1. The van der Waals surface area contributed by atoms with E-state index in [-0.39, 0.29) is 0 Å². The van der Waals surface area contributed by atoms with Crippen molar-refractivity contribution in [2.24, 2.45) is 0 Å². The molecule has 0 unspecified atom stereocenters. The first kappa shape index (κ1) is 8.59. The SMILES string of the molecule is CNc1c(C=O)cccc1OC. The molecule has 1 rings (SSSR count). The number of carbonyl (C=O) groups excluding carboxylic acids is 1. The maximum atomic E-state index is 10.6. The summed E-state index contributed by atoms with van der Waals surface area (Å²) in [5.41, 5.74) is 1.34. The summed E-state index contributed by atoms with van der Waals surface area (Å²) in [7, 11) is 3.33. The standard InChI is InChI=1S/C9H11NO2/c1-10-9-7(6-11)4-3-5-8(9)12-2/h3-6,10H,1-2H3. The molecule has 0 aliphatic heterocycles. The van der Waals surface area contributed by atoms with E-state index in [1.54, 1.807) is 32.4 Å². The van der Waals surface area contributed by atoms with E-state index < -0.39 is 0 Å². The first-order valence-corrected chi connectivity index (χ1v) is 3.63. The van der Waals surface area contributed by atoms with Crippen LogP contribution in [-0.4, -0.2) is 20.4 Å². The van der Waals surface area contributed by atoms with Gasteiger partial charge in [0, 0.05) is 12.6 Å². The maximum Gasteiger partial charge on any atom is 0.152 e. The number of anilines is 1. The molecule has 0 bridgehead atoms. The van der Waals surface area contributed by atoms with Crippen molar-refractivity contribution in [2.75, 3.05) is 19.5 Å². The van der Waals surface area contributed by atoms with Gasteiger partial charge in [0.2, 0.25) is 0 Å². The van der Waals surface area contributed by atoms with Gasteiger partial charge in [-0.25, -0.2) is 0 Å². The Morgan fingerprint density at radius 1 is 1.50 bits per heavy atom. The summed E-state index contributed by atoms with van der Waals surface area (Å²) in [6.07, 6.45) is 0.800. The average molecular weight is 165 g/mol. The lowest BCUT2D eigenvalue weighted by atomic mass is 10.2. The van der Waals surface area contributed by atoms with E-state index in [1.807, 2.05) is 0 Å². The van der Waals surface area contributed by atoms with Crippen LogP contribution in [0.1, 0.15) is 10.4 Å². The van der Waals surface area contributed by atoms with Crippen LogP contribution in [0, 0.1) is 0 Å². The zero-order valence-corrected chi connectivity index (χ0v) is 7.13. The first-order valence-electron chi connectivity index (χ1n) is 3.63. The second-order valence-electron chi connectivity index (χ2n) is 2.29. The summed E-state index contributed by atoms with van der Waals surface area (Å²) in [5.74, 6) is 0.683. The summed E-state index contributed by atoms with van der Waals surface area (Å²) in [5, 5.41) is 2.91. The minimum atomic E-state index is 0.608. The van der Waals surface area contributed by atoms with E-state index in [4.69, 9.17) is 4.74 Å². The third-order valence-corrected chi connectivity index (χ3v) is 1.66. The second-order valence-corrected chi connectivity index (χ2v) is 2.29. The number of carbonyl (C=O) groups is 1. The molecule has 0 amide bonds. The molecule has 0 fully saturated rings. The van der Waals surface area contributed by atoms with Gasteiger partial charge in [-0.15, -0.1) is 0 Å². The summed E-state index contributed by atoms with van der Waals surface area (Å²) < 4.78 is 5.06. The van der Waals surface area contributed by atoms with Crippen molar-refractivity contribution < 1.29 is 9.53 Å². The fraction of sp³-hybridized carbons (Fsp3) is 0.222. The summed E-state index contributed by atoms with van der Waals surface area (Å²) in [6.45, 7) is 0. The Morgan fingerprint density at radius 2 is 2.25 bits per heavy atom. The quantitative estimate of drug-likeness (QED) is 0.690. The lowest BCUT2D eigenvalue weighted by Gasteiger charge is -2.08. The summed E-state index contributed by atoms with van der Waals surface area (Å²) in [6, 6.07) is 5.32. The predicted octanol–water partition coefficient (Wildman–Crippen LogP) is 1.55. The molecule has 0 radical (unpaired) electrons. The monoisotopic (exact) mass is 165 g/mol. The average Bonchev–Trinajstić information content (AvgIpc) is 2.16. The number of hydrogen-bond donors (Lipinski definition) is 1. The van der Waals surface area contributed by atoms with E-state index in [1.165, 1.54) is 0 Å². The normalized spacial score (nSPS) is 9.17. The number of methoxy groups -OCH3 is 1. The van der Waals surface area contributed by atoms with Crippen LogP contribution in [0.25, 0.3) is 0 Å². The van der Waals surface area contributed by atoms with Crippen LogP contribution in [0.5, 0.6) is 5.75 Å². The molecule has 3 nitrogen and oxygen atoms in total. The Labute approximate surface area is 71.4 Å². The van der Waals surface area contributed by atoms with Crippen LogP contribution in [-0.2, 0) is 0 Å². The van der Waals surface area contributed by atoms with Crippen LogP contribution < -0.4 is 10.1 Å². The number of rotatable bonds is 3. The summed E-state index contributed by atoms with van der Waals surface area (Å²) >= 11 is 0. The highest BCUT2D eigenvalue weighted by Crippen LogP contribution is 2.26. The predicted molar refractivity (Wildman–Crippen MR) is 47.9 cm³/mol. The van der Waals surface area contributed by atoms with Gasteiger partial charge in [-0.1, -0.05) is 6.07 Å². The molecule has 0 aliphatic rings. The Balaban J connectivity index is 3.21. The van der Waals surface area contributed by atoms with Gasteiger partial charge in [0.15, 0.2) is 6.29 Å². The Morgan fingerprint density at radius 3 is 2.75 bits per heavy atom. The van der Waals surface area contributed by atoms with Crippen molar-refractivity contribution in [1.29, 1.82) is 0 Å². The van der Waals surface area contributed by atoms with Gasteiger partial charge >= 0.3 is 0 Å². The van der Waals surface area contributed by atoms with Gasteiger partial charge in [0.1, 0.15) is 5.75 Å². The van der Waals surface area contributed by atoms with Gasteiger partial charge in [-0.3, -0.25) is 4.79 Å². The third kappa shape index (κ3) is 1.39. The van der Waals surface area contributed by atoms with Gasteiger partial charge in [0.25, 0.3) is 0 Å². The first-order chi connectivity index (χ1) is 5.83. The highest BCUT2D eigenvalue weighted by atomic mass is 16.5. The van der Waals surface area contributed by atoms with Crippen molar-refractivity contribution in [3.8, 4) is 5.75 Å². The highest BCUT2D eigenvalue weighted by molar-refractivity contribution is 5.86. The maximum absolute atomic E-state index is 10.6. The number of benzene rings is 1. The molecule has 0 heterocycles. The van der Waals surface area contributed by atoms with Crippen molar-refractivity contribution in [1.82, 2.24) is 0 Å². The largest absolute Gasteiger partial charge is 0.495 e. The fourth-order valence-electron chi connectivity index (χ4n) is 1.08. The molecule has 0 spiro atoms. The molecule has 0 saturated heterocycles. The Kier molecular flexibility index (Phi) is 2.69. The topological polar surface area (TPSA) is 38.3 Å². The fourth-order valence-corrected chi connectivity index (χ4v) is 1.08. The van der Waals surface area contributed by atoms with Crippen LogP contribution >= 0.6 is 0 Å². The van der Waals surface area contributed by atoms with Crippen molar-refractivity contribution in [2.45, 2.75) is 0 Å². The van der Waals surface area contributed by atoms with E-state index in [0.717, 1.165) is 12.0 Å². The molecule has 3 heteroatoms. The molecule has 0 aliphatic carbocycles. The zero-order chi connectivity index (χ0) is 8.97. The molecular formula is C9H11NO2. The van der Waals surface area contributed by atoms with Gasteiger partial charge in [0.05, 0.1) is 12.8 Å². The molecule has 64 valence electrons. The molecule has 1 aromatic carbocycles. The van der Waals surface area contributed by atoms with Crippen LogP contribution in [0.2, 0.25) is 0 Å². The molecule has 1 aromatic rings. The molecule has 0 atom stereocenters. The molecular weight excluding hydrogens is 154 g/mol. The van der Waals surface area contributed by atoms with Gasteiger partial charge in [-0.2, -0.15) is 0 Å².